The van der Waals surface area contributed by atoms with Crippen LogP contribution in [0.3, 0.4) is 0 Å². The van der Waals surface area contributed by atoms with E-state index in [1.165, 1.54) is 77.0 Å². The standard InChI is InChI=1S/C42H80NO8P/c1-6-8-10-12-14-16-18-20-21-22-23-25-26-28-30-32-34-41(44)48-38-40(39-50-52(46,47)49-37-36-43(3,4)5)51-42(45)35-33-31-29-27-24-19-17-15-13-11-9-7-2/h15,17,21-22,40H,6-14,16,18-20,23-39H2,1-5H3/p+1/b17-15-,22-21-/t40-/m1/s1. The number of quaternary nitrogens is 1. The number of hydrogen-bond acceptors (Lipinski definition) is 7. The van der Waals surface area contributed by atoms with E-state index in [9.17, 15) is 19.0 Å². The lowest BCUT2D eigenvalue weighted by Gasteiger charge is -2.24. The third-order valence-electron chi connectivity index (χ3n) is 8.95. The van der Waals surface area contributed by atoms with Gasteiger partial charge in [-0.15, -0.1) is 0 Å². The molecule has 0 aromatic rings. The number of hydrogen-bond donors (Lipinski definition) is 1. The molecule has 1 unspecified atom stereocenters. The zero-order valence-electron chi connectivity index (χ0n) is 34.3. The molecule has 0 heterocycles. The molecule has 0 radical (unpaired) electrons. The average molecular weight is 759 g/mol. The first-order chi connectivity index (χ1) is 25.0. The van der Waals surface area contributed by atoms with Crippen LogP contribution in [0.4, 0.5) is 0 Å². The molecule has 0 amide bonds. The van der Waals surface area contributed by atoms with Gasteiger partial charge in [-0.2, -0.15) is 0 Å². The van der Waals surface area contributed by atoms with Crippen LogP contribution in [0, 0.1) is 0 Å². The first-order valence-electron chi connectivity index (χ1n) is 21.1. The molecule has 0 bridgehead atoms. The summed E-state index contributed by atoms with van der Waals surface area (Å²) >= 11 is 0. The van der Waals surface area contributed by atoms with Gasteiger partial charge in [-0.05, 0) is 64.2 Å². The van der Waals surface area contributed by atoms with Crippen LogP contribution in [0.25, 0.3) is 0 Å². The zero-order chi connectivity index (χ0) is 38.6. The van der Waals surface area contributed by atoms with Gasteiger partial charge < -0.3 is 18.9 Å². The molecule has 0 fully saturated rings. The van der Waals surface area contributed by atoms with Gasteiger partial charge in [-0.1, -0.05) is 128 Å². The molecule has 0 aromatic heterocycles. The highest BCUT2D eigenvalue weighted by molar-refractivity contribution is 7.47. The van der Waals surface area contributed by atoms with E-state index in [1.54, 1.807) is 0 Å². The number of phosphoric acid groups is 1. The van der Waals surface area contributed by atoms with Crippen LogP contribution in [0.1, 0.15) is 181 Å². The van der Waals surface area contributed by atoms with Crippen molar-refractivity contribution in [1.82, 2.24) is 0 Å². The summed E-state index contributed by atoms with van der Waals surface area (Å²) in [4.78, 5) is 35.3. The summed E-state index contributed by atoms with van der Waals surface area (Å²) < 4.78 is 34.2. The van der Waals surface area contributed by atoms with Crippen LogP contribution in [-0.2, 0) is 32.7 Å². The number of allylic oxidation sites excluding steroid dienone is 4. The SMILES string of the molecule is CCCCC/C=C\CCCCCCCC(=O)O[C@H](COC(=O)CCCCCCC/C=C\CCCCCCCCC)COP(=O)(O)OCC[N+](C)(C)C. The summed E-state index contributed by atoms with van der Waals surface area (Å²) in [5.41, 5.74) is 0. The summed E-state index contributed by atoms with van der Waals surface area (Å²) in [5, 5.41) is 0. The van der Waals surface area contributed by atoms with E-state index in [0.717, 1.165) is 70.6 Å². The Balaban J connectivity index is 4.38. The molecule has 9 nitrogen and oxygen atoms in total. The molecule has 1 N–H and O–H groups in total. The maximum atomic E-state index is 12.6. The fourth-order valence-corrected chi connectivity index (χ4v) is 6.33. The predicted octanol–water partition coefficient (Wildman–Crippen LogP) is 11.6. The molecule has 10 heteroatoms. The molecule has 0 rings (SSSR count). The van der Waals surface area contributed by atoms with Crippen molar-refractivity contribution >= 4 is 19.8 Å². The number of nitrogens with zero attached hydrogens (tertiary/aromatic N) is 1. The van der Waals surface area contributed by atoms with Gasteiger partial charge in [0.1, 0.15) is 19.8 Å². The molecule has 0 aliphatic carbocycles. The lowest BCUT2D eigenvalue weighted by molar-refractivity contribution is -0.870. The number of likely N-dealkylation sites (N-methyl/N-ethyl adjacent to an activating group) is 1. The van der Waals surface area contributed by atoms with E-state index < -0.39 is 26.5 Å². The van der Waals surface area contributed by atoms with E-state index in [0.29, 0.717) is 17.4 Å². The van der Waals surface area contributed by atoms with Crippen molar-refractivity contribution in [3.63, 3.8) is 0 Å². The summed E-state index contributed by atoms with van der Waals surface area (Å²) in [7, 11) is 1.47. The summed E-state index contributed by atoms with van der Waals surface area (Å²) in [5.74, 6) is -0.817. The second-order valence-corrected chi connectivity index (χ2v) is 16.8. The number of carbonyl (C=O) groups is 2. The van der Waals surface area contributed by atoms with Crippen LogP contribution in [0.2, 0.25) is 0 Å². The van der Waals surface area contributed by atoms with Gasteiger partial charge in [0.05, 0.1) is 27.7 Å². The monoisotopic (exact) mass is 759 g/mol. The quantitative estimate of drug-likeness (QED) is 0.0218. The minimum atomic E-state index is -4.37. The van der Waals surface area contributed by atoms with E-state index in [2.05, 4.69) is 38.2 Å². The number of unbranched alkanes of at least 4 members (excludes halogenated alkanes) is 20. The van der Waals surface area contributed by atoms with Crippen LogP contribution in [-0.4, -0.2) is 74.9 Å². The topological polar surface area (TPSA) is 108 Å². The lowest BCUT2D eigenvalue weighted by atomic mass is 10.1. The molecule has 2 atom stereocenters. The molecule has 306 valence electrons. The van der Waals surface area contributed by atoms with E-state index in [-0.39, 0.29) is 32.0 Å². The minimum Gasteiger partial charge on any atom is -0.462 e. The molecular formula is C42H81NO8P+. The van der Waals surface area contributed by atoms with Crippen molar-refractivity contribution in [3.05, 3.63) is 24.3 Å². The van der Waals surface area contributed by atoms with Crippen molar-refractivity contribution in [1.29, 1.82) is 0 Å². The smallest absolute Gasteiger partial charge is 0.462 e. The Morgan fingerprint density at radius 1 is 0.577 bits per heavy atom. The van der Waals surface area contributed by atoms with Crippen molar-refractivity contribution in [2.75, 3.05) is 47.5 Å². The number of esters is 2. The first kappa shape index (κ1) is 50.5. The van der Waals surface area contributed by atoms with Gasteiger partial charge >= 0.3 is 19.8 Å². The van der Waals surface area contributed by atoms with Gasteiger partial charge in [-0.25, -0.2) is 4.57 Å². The number of carbonyl (C=O) groups excluding carboxylic acids is 2. The summed E-state index contributed by atoms with van der Waals surface area (Å²) in [6, 6.07) is 0. The fourth-order valence-electron chi connectivity index (χ4n) is 5.59. The van der Waals surface area contributed by atoms with Gasteiger partial charge in [-0.3, -0.25) is 18.6 Å². The molecule has 0 aromatic carbocycles. The maximum absolute atomic E-state index is 12.6. The van der Waals surface area contributed by atoms with Crippen molar-refractivity contribution < 1.29 is 42.1 Å². The predicted molar refractivity (Wildman–Crippen MR) is 215 cm³/mol. The zero-order valence-corrected chi connectivity index (χ0v) is 35.2. The van der Waals surface area contributed by atoms with Crippen molar-refractivity contribution in [2.45, 2.75) is 187 Å². The van der Waals surface area contributed by atoms with Gasteiger partial charge in [0, 0.05) is 12.8 Å². The normalized spacial score (nSPS) is 13.9. The molecule has 52 heavy (non-hydrogen) atoms. The van der Waals surface area contributed by atoms with Gasteiger partial charge in [0.25, 0.3) is 0 Å². The number of rotatable bonds is 38. The molecule has 0 saturated heterocycles. The Morgan fingerprint density at radius 3 is 1.46 bits per heavy atom. The molecule has 0 aliphatic rings. The summed E-state index contributed by atoms with van der Waals surface area (Å²) in [6.45, 7) is 4.37. The van der Waals surface area contributed by atoms with E-state index in [4.69, 9.17) is 18.5 Å². The third-order valence-corrected chi connectivity index (χ3v) is 9.94. The Morgan fingerprint density at radius 2 is 0.981 bits per heavy atom. The molecular weight excluding hydrogens is 677 g/mol. The highest BCUT2D eigenvalue weighted by Crippen LogP contribution is 2.43. The van der Waals surface area contributed by atoms with Crippen molar-refractivity contribution in [2.24, 2.45) is 0 Å². The van der Waals surface area contributed by atoms with Gasteiger partial charge in [0.15, 0.2) is 6.10 Å². The van der Waals surface area contributed by atoms with E-state index in [1.807, 2.05) is 21.1 Å². The second-order valence-electron chi connectivity index (χ2n) is 15.4. The minimum absolute atomic E-state index is 0.0297. The largest absolute Gasteiger partial charge is 0.472 e. The van der Waals surface area contributed by atoms with Crippen LogP contribution < -0.4 is 0 Å². The Kier molecular flexibility index (Phi) is 34.2. The molecule has 0 spiro atoms. The highest BCUT2D eigenvalue weighted by atomic mass is 31.2. The fraction of sp³-hybridized carbons (Fsp3) is 0.857. The lowest BCUT2D eigenvalue weighted by Crippen LogP contribution is -2.37. The second kappa shape index (κ2) is 35.2. The Labute approximate surface area is 319 Å². The third kappa shape index (κ3) is 38.2. The summed E-state index contributed by atoms with van der Waals surface area (Å²) in [6.07, 6.45) is 36.5. The van der Waals surface area contributed by atoms with Crippen LogP contribution in [0.15, 0.2) is 24.3 Å². The molecule has 0 aliphatic heterocycles. The Bertz CT molecular complexity index is 949. The van der Waals surface area contributed by atoms with Crippen LogP contribution >= 0.6 is 7.82 Å². The maximum Gasteiger partial charge on any atom is 0.472 e. The first-order valence-corrected chi connectivity index (χ1v) is 22.6. The number of phosphoric ester groups is 1. The average Bonchev–Trinajstić information content (AvgIpc) is 3.09. The molecule has 0 saturated carbocycles. The number of ether oxygens (including phenoxy) is 2. The van der Waals surface area contributed by atoms with E-state index >= 15 is 0 Å². The van der Waals surface area contributed by atoms with Crippen molar-refractivity contribution in [3.8, 4) is 0 Å². The highest BCUT2D eigenvalue weighted by Gasteiger charge is 2.27. The Hall–Kier alpha value is -1.51. The van der Waals surface area contributed by atoms with Gasteiger partial charge in [0.2, 0.25) is 0 Å². The van der Waals surface area contributed by atoms with Crippen LogP contribution in [0.5, 0.6) is 0 Å².